The second kappa shape index (κ2) is 9.27. The van der Waals surface area contributed by atoms with Crippen molar-refractivity contribution in [3.05, 3.63) is 26.9 Å². The second-order valence-electron chi connectivity index (χ2n) is 6.02. The normalized spacial score (nSPS) is 14.9. The number of methoxy groups -OCH3 is 1. The first-order valence-electron chi connectivity index (χ1n) is 8.35. The van der Waals surface area contributed by atoms with Crippen LogP contribution in [0.15, 0.2) is 0 Å². The number of aromatic nitrogens is 1. The monoisotopic (exact) mass is 351 g/mol. The quantitative estimate of drug-likeness (QED) is 0.369. The van der Waals surface area contributed by atoms with Gasteiger partial charge in [-0.15, -0.1) is 0 Å². The number of aromatic amines is 1. The maximum atomic E-state index is 11.3. The SMILES string of the molecule is COCc1c(C#N)c(NCCC[NH+]2CCOCC2)[nH+]c(C)c1[N+](=O)[O-]. The summed E-state index contributed by atoms with van der Waals surface area (Å²) in [5.74, 6) is 0.509. The van der Waals surface area contributed by atoms with Crippen molar-refractivity contribution < 1.29 is 24.3 Å². The van der Waals surface area contributed by atoms with Gasteiger partial charge in [0.05, 0.1) is 43.4 Å². The third kappa shape index (κ3) is 4.85. The number of quaternary nitrogens is 1. The van der Waals surface area contributed by atoms with Gasteiger partial charge in [-0.25, -0.2) is 4.98 Å². The Hall–Kier alpha value is -2.28. The average molecular weight is 351 g/mol. The fourth-order valence-electron chi connectivity index (χ4n) is 3.05. The van der Waals surface area contributed by atoms with E-state index in [9.17, 15) is 15.4 Å². The zero-order chi connectivity index (χ0) is 18.2. The van der Waals surface area contributed by atoms with Gasteiger partial charge in [0.15, 0.2) is 11.3 Å². The Morgan fingerprint density at radius 3 is 2.80 bits per heavy atom. The molecule has 2 rings (SSSR count). The minimum atomic E-state index is -0.480. The molecule has 0 atom stereocenters. The molecule has 0 aliphatic carbocycles. The van der Waals surface area contributed by atoms with Crippen molar-refractivity contribution in [3.8, 4) is 6.07 Å². The van der Waals surface area contributed by atoms with Crippen LogP contribution in [-0.4, -0.2) is 51.4 Å². The lowest BCUT2D eigenvalue weighted by molar-refractivity contribution is -0.908. The maximum absolute atomic E-state index is 11.3. The lowest BCUT2D eigenvalue weighted by Crippen LogP contribution is -3.14. The average Bonchev–Trinajstić information content (AvgIpc) is 2.59. The minimum Gasteiger partial charge on any atom is -0.380 e. The predicted octanol–water partition coefficient (Wildman–Crippen LogP) is -0.547. The number of rotatable bonds is 8. The van der Waals surface area contributed by atoms with Crippen LogP contribution in [0.1, 0.15) is 23.2 Å². The number of hydrogen-bond donors (Lipinski definition) is 2. The lowest BCUT2D eigenvalue weighted by Gasteiger charge is -2.23. The number of morpholine rings is 1. The van der Waals surface area contributed by atoms with Gasteiger partial charge in [-0.2, -0.15) is 5.26 Å². The van der Waals surface area contributed by atoms with Gasteiger partial charge in [-0.3, -0.25) is 15.4 Å². The number of anilines is 1. The number of nitriles is 1. The summed E-state index contributed by atoms with van der Waals surface area (Å²) >= 11 is 0. The highest BCUT2D eigenvalue weighted by Crippen LogP contribution is 2.27. The van der Waals surface area contributed by atoms with Crippen LogP contribution < -0.4 is 15.2 Å². The minimum absolute atomic E-state index is 0.0152. The topological polar surface area (TPSA) is 116 Å². The van der Waals surface area contributed by atoms with E-state index in [1.807, 2.05) is 0 Å². The van der Waals surface area contributed by atoms with Crippen molar-refractivity contribution in [2.24, 2.45) is 0 Å². The largest absolute Gasteiger partial charge is 0.380 e. The van der Waals surface area contributed by atoms with Crippen LogP contribution in [0.5, 0.6) is 0 Å². The summed E-state index contributed by atoms with van der Waals surface area (Å²) < 4.78 is 10.4. The second-order valence-corrected chi connectivity index (χ2v) is 6.02. The molecule has 1 aromatic heterocycles. The van der Waals surface area contributed by atoms with Crippen molar-refractivity contribution in [2.75, 3.05) is 51.8 Å². The molecular weight excluding hydrogens is 326 g/mol. The molecule has 1 saturated heterocycles. The summed E-state index contributed by atoms with van der Waals surface area (Å²) in [4.78, 5) is 15.3. The Labute approximate surface area is 146 Å². The molecule has 3 N–H and O–H groups in total. The van der Waals surface area contributed by atoms with Gasteiger partial charge in [-0.1, -0.05) is 0 Å². The number of pyridine rings is 1. The van der Waals surface area contributed by atoms with Crippen LogP contribution in [0.4, 0.5) is 11.5 Å². The van der Waals surface area contributed by atoms with Crippen molar-refractivity contribution in [1.82, 2.24) is 0 Å². The Morgan fingerprint density at radius 2 is 2.20 bits per heavy atom. The molecule has 1 aliphatic heterocycles. The van der Waals surface area contributed by atoms with Crippen LogP contribution >= 0.6 is 0 Å². The van der Waals surface area contributed by atoms with Gasteiger partial charge in [0.25, 0.3) is 5.82 Å². The highest BCUT2D eigenvalue weighted by Gasteiger charge is 2.29. The molecule has 136 valence electrons. The van der Waals surface area contributed by atoms with Gasteiger partial charge < -0.3 is 14.4 Å². The van der Waals surface area contributed by atoms with Crippen LogP contribution in [0, 0.1) is 28.4 Å². The molecule has 0 unspecified atom stereocenters. The van der Waals surface area contributed by atoms with E-state index >= 15 is 0 Å². The molecule has 25 heavy (non-hydrogen) atoms. The van der Waals surface area contributed by atoms with E-state index in [0.29, 0.717) is 23.6 Å². The van der Waals surface area contributed by atoms with Crippen LogP contribution in [-0.2, 0) is 16.1 Å². The maximum Gasteiger partial charge on any atom is 0.317 e. The number of aryl methyl sites for hydroxylation is 1. The molecule has 9 nitrogen and oxygen atoms in total. The highest BCUT2D eigenvalue weighted by atomic mass is 16.6. The zero-order valence-corrected chi connectivity index (χ0v) is 14.7. The summed E-state index contributed by atoms with van der Waals surface area (Å²) in [6.07, 6.45) is 0.934. The number of H-pyrrole nitrogens is 1. The van der Waals surface area contributed by atoms with E-state index in [0.717, 1.165) is 39.3 Å². The van der Waals surface area contributed by atoms with Crippen LogP contribution in [0.2, 0.25) is 0 Å². The smallest absolute Gasteiger partial charge is 0.317 e. The molecule has 2 heterocycles. The molecule has 0 bridgehead atoms. The Balaban J connectivity index is 2.09. The summed E-state index contributed by atoms with van der Waals surface area (Å²) in [6, 6.07) is 2.06. The summed E-state index contributed by atoms with van der Waals surface area (Å²) in [7, 11) is 1.45. The molecule has 0 radical (unpaired) electrons. The van der Waals surface area contributed by atoms with Crippen molar-refractivity contribution >= 4 is 11.5 Å². The molecule has 0 spiro atoms. The fourth-order valence-corrected chi connectivity index (χ4v) is 3.05. The lowest BCUT2D eigenvalue weighted by atomic mass is 10.1. The zero-order valence-electron chi connectivity index (χ0n) is 14.7. The Morgan fingerprint density at radius 1 is 1.48 bits per heavy atom. The van der Waals surface area contributed by atoms with E-state index < -0.39 is 4.92 Å². The first-order chi connectivity index (χ1) is 12.1. The highest BCUT2D eigenvalue weighted by molar-refractivity contribution is 5.60. The molecular formula is C16H25N5O4+2. The van der Waals surface area contributed by atoms with Crippen LogP contribution in [0.3, 0.4) is 0 Å². The van der Waals surface area contributed by atoms with Crippen molar-refractivity contribution in [2.45, 2.75) is 20.0 Å². The Kier molecular flexibility index (Phi) is 7.06. The van der Waals surface area contributed by atoms with E-state index in [2.05, 4.69) is 16.4 Å². The molecule has 0 saturated carbocycles. The Bertz CT molecular complexity index is 653. The van der Waals surface area contributed by atoms with Crippen molar-refractivity contribution in [3.63, 3.8) is 0 Å². The molecule has 0 amide bonds. The number of hydrogen-bond acceptors (Lipinski definition) is 6. The van der Waals surface area contributed by atoms with E-state index in [1.165, 1.54) is 12.0 Å². The van der Waals surface area contributed by atoms with Gasteiger partial charge in [-0.05, 0) is 0 Å². The molecule has 0 aromatic carbocycles. The summed E-state index contributed by atoms with van der Waals surface area (Å²) in [5.41, 5.74) is 0.837. The summed E-state index contributed by atoms with van der Waals surface area (Å²) in [6.45, 7) is 6.99. The predicted molar refractivity (Wildman–Crippen MR) is 89.3 cm³/mol. The van der Waals surface area contributed by atoms with E-state index in [-0.39, 0.29) is 17.9 Å². The number of ether oxygens (including phenoxy) is 2. The first kappa shape index (κ1) is 19.1. The number of nitrogens with zero attached hydrogens (tertiary/aromatic N) is 2. The fraction of sp³-hybridized carbons (Fsp3) is 0.625. The van der Waals surface area contributed by atoms with Crippen LogP contribution in [0.25, 0.3) is 0 Å². The van der Waals surface area contributed by atoms with E-state index in [4.69, 9.17) is 9.47 Å². The number of nitrogens with one attached hydrogen (secondary N) is 3. The van der Waals surface area contributed by atoms with Crippen molar-refractivity contribution in [1.29, 1.82) is 5.26 Å². The van der Waals surface area contributed by atoms with Gasteiger partial charge in [0, 0.05) is 20.5 Å². The van der Waals surface area contributed by atoms with Gasteiger partial charge in [0.2, 0.25) is 0 Å². The van der Waals surface area contributed by atoms with Gasteiger partial charge >= 0.3 is 5.69 Å². The van der Waals surface area contributed by atoms with Gasteiger partial charge in [0.1, 0.15) is 19.2 Å². The molecule has 1 aliphatic rings. The number of nitro groups is 1. The standard InChI is InChI=1S/C16H23N5O4/c1-12-15(21(22)23)14(11-24-2)13(10-17)16(19-12)18-4-3-5-20-6-8-25-9-7-20/h3-9,11H2,1-2H3,(H,18,19)/p+2. The molecule has 1 fully saturated rings. The third-order valence-electron chi connectivity index (χ3n) is 4.30. The molecule has 1 aromatic rings. The first-order valence-corrected chi connectivity index (χ1v) is 8.35. The molecule has 9 heteroatoms. The van der Waals surface area contributed by atoms with E-state index in [1.54, 1.807) is 6.92 Å². The third-order valence-corrected chi connectivity index (χ3v) is 4.30. The summed E-state index contributed by atoms with van der Waals surface area (Å²) in [5, 5.41) is 24.0.